The van der Waals surface area contributed by atoms with Crippen LogP contribution in [0.25, 0.3) is 0 Å². The number of rotatable bonds is 3. The third kappa shape index (κ3) is 2.97. The molecule has 108 valence electrons. The van der Waals surface area contributed by atoms with E-state index < -0.39 is 0 Å². The number of carbonyl (C=O) groups excluding carboxylic acids is 1. The lowest BCUT2D eigenvalue weighted by atomic mass is 10.1. The first kappa shape index (κ1) is 13.4. The second-order valence-electron chi connectivity index (χ2n) is 4.81. The molecule has 5 heteroatoms. The zero-order valence-corrected chi connectivity index (χ0v) is 11.8. The number of hydrogen-bond acceptors (Lipinski definition) is 4. The Morgan fingerprint density at radius 3 is 2.71 bits per heavy atom. The molecular formula is C16H16N2O3. The maximum atomic E-state index is 12.3. The van der Waals surface area contributed by atoms with E-state index >= 15 is 0 Å². The second kappa shape index (κ2) is 5.83. The highest BCUT2D eigenvalue weighted by Crippen LogP contribution is 2.32. The third-order valence-electron chi connectivity index (χ3n) is 3.29. The number of nitrogens with one attached hydrogen (secondary N) is 1. The average Bonchev–Trinajstić information content (AvgIpc) is 2.53. The van der Waals surface area contributed by atoms with Crippen molar-refractivity contribution in [2.75, 3.05) is 13.2 Å². The van der Waals surface area contributed by atoms with Crippen LogP contribution >= 0.6 is 0 Å². The van der Waals surface area contributed by atoms with Gasteiger partial charge in [0.1, 0.15) is 13.2 Å². The molecule has 1 aliphatic heterocycles. The van der Waals surface area contributed by atoms with Crippen molar-refractivity contribution in [3.63, 3.8) is 0 Å². The van der Waals surface area contributed by atoms with Crippen LogP contribution in [0.4, 0.5) is 0 Å². The molecule has 0 spiro atoms. The fourth-order valence-electron chi connectivity index (χ4n) is 2.20. The summed E-state index contributed by atoms with van der Waals surface area (Å²) < 4.78 is 11.0. The molecule has 0 radical (unpaired) electrons. The lowest BCUT2D eigenvalue weighted by molar-refractivity contribution is 0.0948. The predicted octanol–water partition coefficient (Wildman–Crippen LogP) is 2.09. The lowest BCUT2D eigenvalue weighted by Gasteiger charge is -2.20. The molecule has 0 aliphatic carbocycles. The topological polar surface area (TPSA) is 60.5 Å². The van der Waals surface area contributed by atoms with Gasteiger partial charge in [-0.2, -0.15) is 0 Å². The number of carbonyl (C=O) groups is 1. The van der Waals surface area contributed by atoms with Gasteiger partial charge in [-0.3, -0.25) is 9.78 Å². The molecule has 2 aromatic rings. The number of benzene rings is 1. The van der Waals surface area contributed by atoms with E-state index in [1.54, 1.807) is 12.3 Å². The Kier molecular flexibility index (Phi) is 3.73. The van der Waals surface area contributed by atoms with Gasteiger partial charge >= 0.3 is 0 Å². The molecule has 0 unspecified atom stereocenters. The smallest absolute Gasteiger partial charge is 0.252 e. The van der Waals surface area contributed by atoms with Crippen molar-refractivity contribution in [2.45, 2.75) is 13.5 Å². The van der Waals surface area contributed by atoms with Crippen molar-refractivity contribution >= 4 is 5.91 Å². The molecule has 5 nitrogen and oxygen atoms in total. The Labute approximate surface area is 122 Å². The summed E-state index contributed by atoms with van der Waals surface area (Å²) in [5.74, 6) is 1.17. The first-order valence-electron chi connectivity index (χ1n) is 6.82. The van der Waals surface area contributed by atoms with E-state index in [2.05, 4.69) is 10.3 Å². The highest BCUT2D eigenvalue weighted by atomic mass is 16.6. The molecule has 0 saturated heterocycles. The number of aromatic nitrogens is 1. The van der Waals surface area contributed by atoms with E-state index in [4.69, 9.17) is 9.47 Å². The summed E-state index contributed by atoms with van der Waals surface area (Å²) in [7, 11) is 0. The molecule has 0 bridgehead atoms. The van der Waals surface area contributed by atoms with Gasteiger partial charge in [0.2, 0.25) is 0 Å². The molecular weight excluding hydrogens is 268 g/mol. The van der Waals surface area contributed by atoms with Gasteiger partial charge in [-0.1, -0.05) is 6.07 Å². The van der Waals surface area contributed by atoms with Gasteiger partial charge in [-0.25, -0.2) is 0 Å². The SMILES string of the molecule is Cc1cc2c(cc1C(=O)NCc1ccccn1)OCCO2. The maximum Gasteiger partial charge on any atom is 0.252 e. The van der Waals surface area contributed by atoms with Gasteiger partial charge in [-0.15, -0.1) is 0 Å². The molecule has 1 amide bonds. The highest BCUT2D eigenvalue weighted by Gasteiger charge is 2.17. The Morgan fingerprint density at radius 2 is 2.00 bits per heavy atom. The van der Waals surface area contributed by atoms with Gasteiger partial charge in [0.25, 0.3) is 5.91 Å². The largest absolute Gasteiger partial charge is 0.486 e. The quantitative estimate of drug-likeness (QED) is 0.937. The summed E-state index contributed by atoms with van der Waals surface area (Å²) in [6.07, 6.45) is 1.71. The molecule has 0 atom stereocenters. The van der Waals surface area contributed by atoms with E-state index in [9.17, 15) is 4.79 Å². The van der Waals surface area contributed by atoms with E-state index in [1.165, 1.54) is 0 Å². The van der Waals surface area contributed by atoms with E-state index in [-0.39, 0.29) is 5.91 Å². The van der Waals surface area contributed by atoms with Crippen LogP contribution in [-0.2, 0) is 6.54 Å². The number of hydrogen-bond donors (Lipinski definition) is 1. The molecule has 2 heterocycles. The lowest BCUT2D eigenvalue weighted by Crippen LogP contribution is -2.24. The fraction of sp³-hybridized carbons (Fsp3) is 0.250. The van der Waals surface area contributed by atoms with Gasteiger partial charge in [-0.05, 0) is 36.8 Å². The summed E-state index contributed by atoms with van der Waals surface area (Å²) >= 11 is 0. The van der Waals surface area contributed by atoms with Crippen molar-refractivity contribution in [1.82, 2.24) is 10.3 Å². The first-order chi connectivity index (χ1) is 10.2. The predicted molar refractivity (Wildman–Crippen MR) is 77.6 cm³/mol. The molecule has 21 heavy (non-hydrogen) atoms. The van der Waals surface area contributed by atoms with Gasteiger partial charge in [0.15, 0.2) is 11.5 Å². The molecule has 0 fully saturated rings. The van der Waals surface area contributed by atoms with Crippen LogP contribution in [0.15, 0.2) is 36.5 Å². The minimum Gasteiger partial charge on any atom is -0.486 e. The first-order valence-corrected chi connectivity index (χ1v) is 6.82. The Hall–Kier alpha value is -2.56. The van der Waals surface area contributed by atoms with Crippen molar-refractivity contribution in [1.29, 1.82) is 0 Å². The molecule has 1 N–H and O–H groups in total. The molecule has 1 aromatic carbocycles. The van der Waals surface area contributed by atoms with Crippen LogP contribution in [0, 0.1) is 6.92 Å². The zero-order valence-electron chi connectivity index (χ0n) is 11.8. The van der Waals surface area contributed by atoms with Crippen LogP contribution in [0.3, 0.4) is 0 Å². The summed E-state index contributed by atoms with van der Waals surface area (Å²) in [5, 5.41) is 2.87. The number of aryl methyl sites for hydroxylation is 1. The van der Waals surface area contributed by atoms with Crippen molar-refractivity contribution in [2.24, 2.45) is 0 Å². The molecule has 1 aromatic heterocycles. The molecule has 3 rings (SSSR count). The summed E-state index contributed by atoms with van der Waals surface area (Å²) in [5.41, 5.74) is 2.27. The van der Waals surface area contributed by atoms with E-state index in [1.807, 2.05) is 31.2 Å². The Bertz CT molecular complexity index is 656. The van der Waals surface area contributed by atoms with E-state index in [0.717, 1.165) is 11.3 Å². The third-order valence-corrected chi connectivity index (χ3v) is 3.29. The van der Waals surface area contributed by atoms with Crippen LogP contribution in [-0.4, -0.2) is 24.1 Å². The van der Waals surface area contributed by atoms with Gasteiger partial charge in [0.05, 0.1) is 12.2 Å². The number of amides is 1. The second-order valence-corrected chi connectivity index (χ2v) is 4.81. The standard InChI is InChI=1S/C16H16N2O3/c1-11-8-14-15(21-7-6-20-14)9-13(11)16(19)18-10-12-4-2-3-5-17-12/h2-5,8-9H,6-7,10H2,1H3,(H,18,19). The zero-order chi connectivity index (χ0) is 14.7. The maximum absolute atomic E-state index is 12.3. The fourth-order valence-corrected chi connectivity index (χ4v) is 2.20. The normalized spacial score (nSPS) is 12.8. The summed E-state index contributed by atoms with van der Waals surface area (Å²) in [6.45, 7) is 3.32. The monoisotopic (exact) mass is 284 g/mol. The van der Waals surface area contributed by atoms with Crippen molar-refractivity contribution < 1.29 is 14.3 Å². The van der Waals surface area contributed by atoms with Crippen LogP contribution < -0.4 is 14.8 Å². The minimum atomic E-state index is -0.143. The Morgan fingerprint density at radius 1 is 1.24 bits per heavy atom. The average molecular weight is 284 g/mol. The summed E-state index contributed by atoms with van der Waals surface area (Å²) in [4.78, 5) is 16.5. The highest BCUT2D eigenvalue weighted by molar-refractivity contribution is 5.96. The number of nitrogens with zero attached hydrogens (tertiary/aromatic N) is 1. The van der Waals surface area contributed by atoms with Crippen LogP contribution in [0.2, 0.25) is 0 Å². The van der Waals surface area contributed by atoms with Gasteiger partial charge in [0, 0.05) is 11.8 Å². The van der Waals surface area contributed by atoms with Crippen molar-refractivity contribution in [3.05, 3.63) is 53.3 Å². The van der Waals surface area contributed by atoms with E-state index in [0.29, 0.717) is 36.8 Å². The molecule has 1 aliphatic rings. The number of fused-ring (bicyclic) bond motifs is 1. The minimum absolute atomic E-state index is 0.143. The summed E-state index contributed by atoms with van der Waals surface area (Å²) in [6, 6.07) is 9.18. The number of ether oxygens (including phenoxy) is 2. The van der Waals surface area contributed by atoms with Crippen molar-refractivity contribution in [3.8, 4) is 11.5 Å². The van der Waals surface area contributed by atoms with Crippen LogP contribution in [0.5, 0.6) is 11.5 Å². The Balaban J connectivity index is 1.75. The molecule has 0 saturated carbocycles. The van der Waals surface area contributed by atoms with Gasteiger partial charge < -0.3 is 14.8 Å². The number of pyridine rings is 1. The van der Waals surface area contributed by atoms with Crippen LogP contribution in [0.1, 0.15) is 21.6 Å².